The molecule has 100 valence electrons. The minimum Gasteiger partial charge on any atom is -0.395 e. The number of ether oxygens (including phenoxy) is 1. The van der Waals surface area contributed by atoms with E-state index in [2.05, 4.69) is 14.5 Å². The first-order valence-electron chi connectivity index (χ1n) is 6.81. The standard InChI is InChI=1S/C13H21N3O2/c17-7-5-16-6-8-18-13-11(1-2-12(13)16)9-15-4-3-14-10-15/h3-4,10-13,17H,1-2,5-9H2/t11-,12-,13+/m0/s1. The van der Waals surface area contributed by atoms with Gasteiger partial charge in [0.1, 0.15) is 0 Å². The van der Waals surface area contributed by atoms with E-state index in [0.717, 1.165) is 26.2 Å². The zero-order valence-electron chi connectivity index (χ0n) is 10.6. The summed E-state index contributed by atoms with van der Waals surface area (Å²) in [7, 11) is 0. The molecule has 18 heavy (non-hydrogen) atoms. The number of imidazole rings is 1. The van der Waals surface area contributed by atoms with Crippen LogP contribution in [0.1, 0.15) is 12.8 Å². The molecule has 5 heteroatoms. The summed E-state index contributed by atoms with van der Waals surface area (Å²) in [4.78, 5) is 6.48. The largest absolute Gasteiger partial charge is 0.395 e. The van der Waals surface area contributed by atoms with Crippen molar-refractivity contribution in [3.8, 4) is 0 Å². The molecule has 0 amide bonds. The molecular weight excluding hydrogens is 230 g/mol. The minimum absolute atomic E-state index is 0.245. The number of nitrogens with zero attached hydrogens (tertiary/aromatic N) is 3. The van der Waals surface area contributed by atoms with Crippen molar-refractivity contribution in [2.75, 3.05) is 26.3 Å². The van der Waals surface area contributed by atoms with Crippen molar-refractivity contribution in [3.05, 3.63) is 18.7 Å². The van der Waals surface area contributed by atoms with Crippen LogP contribution in [0, 0.1) is 5.92 Å². The molecule has 1 N–H and O–H groups in total. The molecule has 1 aliphatic heterocycles. The molecule has 0 bridgehead atoms. The topological polar surface area (TPSA) is 50.5 Å². The summed E-state index contributed by atoms with van der Waals surface area (Å²) in [5, 5.41) is 9.12. The van der Waals surface area contributed by atoms with E-state index in [4.69, 9.17) is 9.84 Å². The van der Waals surface area contributed by atoms with Crippen molar-refractivity contribution < 1.29 is 9.84 Å². The summed E-state index contributed by atoms with van der Waals surface area (Å²) < 4.78 is 8.12. The van der Waals surface area contributed by atoms with Gasteiger partial charge in [-0.15, -0.1) is 0 Å². The molecule has 0 aromatic carbocycles. The van der Waals surface area contributed by atoms with Gasteiger partial charge in [-0.05, 0) is 12.8 Å². The highest BCUT2D eigenvalue weighted by Gasteiger charge is 2.42. The molecule has 1 aromatic rings. The fourth-order valence-corrected chi connectivity index (χ4v) is 3.40. The Hall–Kier alpha value is -0.910. The van der Waals surface area contributed by atoms with Gasteiger partial charge in [-0.1, -0.05) is 0 Å². The van der Waals surface area contributed by atoms with Crippen LogP contribution >= 0.6 is 0 Å². The van der Waals surface area contributed by atoms with Crippen molar-refractivity contribution in [2.45, 2.75) is 31.5 Å². The maximum atomic E-state index is 9.12. The van der Waals surface area contributed by atoms with Crippen LogP contribution in [0.4, 0.5) is 0 Å². The maximum absolute atomic E-state index is 9.12. The number of β-amino-alcohol motifs (C(OH)–C–C–N with tert-alkyl or cyclic N) is 1. The van der Waals surface area contributed by atoms with Crippen LogP contribution in [0.15, 0.2) is 18.7 Å². The Labute approximate surface area is 107 Å². The highest BCUT2D eigenvalue weighted by Crippen LogP contribution is 2.35. The predicted octanol–water partition coefficient (Wildman–Crippen LogP) is 0.355. The first-order chi connectivity index (χ1) is 8.88. The highest BCUT2D eigenvalue weighted by molar-refractivity contribution is 4.95. The second-order valence-electron chi connectivity index (χ2n) is 5.26. The monoisotopic (exact) mass is 251 g/mol. The van der Waals surface area contributed by atoms with Crippen LogP contribution in [0.2, 0.25) is 0 Å². The Morgan fingerprint density at radius 3 is 3.11 bits per heavy atom. The predicted molar refractivity (Wildman–Crippen MR) is 67.1 cm³/mol. The van der Waals surface area contributed by atoms with Gasteiger partial charge >= 0.3 is 0 Å². The lowest BCUT2D eigenvalue weighted by molar-refractivity contribution is -0.0785. The van der Waals surface area contributed by atoms with Gasteiger partial charge in [-0.2, -0.15) is 0 Å². The van der Waals surface area contributed by atoms with Crippen molar-refractivity contribution in [1.82, 2.24) is 14.5 Å². The van der Waals surface area contributed by atoms with Crippen LogP contribution < -0.4 is 0 Å². The molecule has 1 aromatic heterocycles. The summed E-state index contributed by atoms with van der Waals surface area (Å²) in [6.07, 6.45) is 8.43. The molecule has 0 radical (unpaired) electrons. The van der Waals surface area contributed by atoms with E-state index < -0.39 is 0 Å². The van der Waals surface area contributed by atoms with Crippen LogP contribution in [0.25, 0.3) is 0 Å². The third kappa shape index (κ3) is 2.30. The Morgan fingerprint density at radius 2 is 2.33 bits per heavy atom. The number of hydrogen-bond acceptors (Lipinski definition) is 4. The van der Waals surface area contributed by atoms with Crippen molar-refractivity contribution in [2.24, 2.45) is 5.92 Å². The molecule has 1 saturated carbocycles. The zero-order chi connectivity index (χ0) is 12.4. The quantitative estimate of drug-likeness (QED) is 0.839. The average Bonchev–Trinajstić information content (AvgIpc) is 3.01. The molecule has 5 nitrogen and oxygen atoms in total. The molecule has 3 atom stereocenters. The third-order valence-corrected chi connectivity index (χ3v) is 4.23. The molecule has 0 spiro atoms. The minimum atomic E-state index is 0.245. The lowest BCUT2D eigenvalue weighted by Crippen LogP contribution is -2.51. The average molecular weight is 251 g/mol. The molecule has 2 heterocycles. The molecule has 1 saturated heterocycles. The van der Waals surface area contributed by atoms with Crippen molar-refractivity contribution in [1.29, 1.82) is 0 Å². The van der Waals surface area contributed by atoms with Crippen molar-refractivity contribution in [3.63, 3.8) is 0 Å². The van der Waals surface area contributed by atoms with E-state index in [1.165, 1.54) is 12.8 Å². The molecule has 2 fully saturated rings. The van der Waals surface area contributed by atoms with Crippen LogP contribution in [0.3, 0.4) is 0 Å². The Kier molecular flexibility index (Phi) is 3.63. The molecule has 2 aliphatic rings. The van der Waals surface area contributed by atoms with Gasteiger partial charge in [0.05, 0.1) is 25.6 Å². The number of aliphatic hydroxyl groups is 1. The smallest absolute Gasteiger partial charge is 0.0946 e. The third-order valence-electron chi connectivity index (χ3n) is 4.23. The molecular formula is C13H21N3O2. The normalized spacial score (nSPS) is 32.6. The van der Waals surface area contributed by atoms with E-state index >= 15 is 0 Å². The fraction of sp³-hybridized carbons (Fsp3) is 0.769. The van der Waals surface area contributed by atoms with Crippen LogP contribution in [-0.2, 0) is 11.3 Å². The summed E-state index contributed by atoms with van der Waals surface area (Å²) >= 11 is 0. The van der Waals surface area contributed by atoms with Gasteiger partial charge in [-0.3, -0.25) is 4.90 Å². The molecule has 3 rings (SSSR count). The van der Waals surface area contributed by atoms with Gasteiger partial charge in [0.2, 0.25) is 0 Å². The Bertz CT molecular complexity index is 366. The van der Waals surface area contributed by atoms with Gasteiger partial charge < -0.3 is 14.4 Å². The summed E-state index contributed by atoms with van der Waals surface area (Å²) in [5.41, 5.74) is 0. The number of rotatable bonds is 4. The fourth-order valence-electron chi connectivity index (χ4n) is 3.40. The van der Waals surface area contributed by atoms with E-state index in [9.17, 15) is 0 Å². The lowest BCUT2D eigenvalue weighted by Gasteiger charge is -2.39. The van der Waals surface area contributed by atoms with Crippen molar-refractivity contribution >= 4 is 0 Å². The summed E-state index contributed by atoms with van der Waals surface area (Å²) in [6.45, 7) is 3.77. The maximum Gasteiger partial charge on any atom is 0.0946 e. The number of aromatic nitrogens is 2. The van der Waals surface area contributed by atoms with Gasteiger partial charge in [0, 0.05) is 44.0 Å². The highest BCUT2D eigenvalue weighted by atomic mass is 16.5. The SMILES string of the molecule is OCCN1CCO[C@@H]2[C@H](Cn3ccnc3)CC[C@@H]21. The summed E-state index contributed by atoms with van der Waals surface area (Å²) in [6, 6.07) is 0.499. The first kappa shape index (κ1) is 12.1. The lowest BCUT2D eigenvalue weighted by atomic mass is 10.0. The van der Waals surface area contributed by atoms with E-state index in [0.29, 0.717) is 18.1 Å². The number of fused-ring (bicyclic) bond motifs is 1. The number of aliphatic hydroxyl groups excluding tert-OH is 1. The Balaban J connectivity index is 1.65. The number of hydrogen-bond donors (Lipinski definition) is 1. The van der Waals surface area contributed by atoms with Gasteiger partial charge in [0.25, 0.3) is 0 Å². The van der Waals surface area contributed by atoms with E-state index in [-0.39, 0.29) is 6.61 Å². The zero-order valence-corrected chi connectivity index (χ0v) is 10.6. The second kappa shape index (κ2) is 5.38. The van der Waals surface area contributed by atoms with Crippen LogP contribution in [0.5, 0.6) is 0 Å². The van der Waals surface area contributed by atoms with Gasteiger partial charge in [0.15, 0.2) is 0 Å². The van der Waals surface area contributed by atoms with Crippen LogP contribution in [-0.4, -0.2) is 58.0 Å². The molecule has 1 aliphatic carbocycles. The second-order valence-corrected chi connectivity index (χ2v) is 5.26. The van der Waals surface area contributed by atoms with E-state index in [1.54, 1.807) is 0 Å². The summed E-state index contributed by atoms with van der Waals surface area (Å²) in [5.74, 6) is 0.575. The molecule has 0 unspecified atom stereocenters. The Morgan fingerprint density at radius 1 is 1.39 bits per heavy atom. The first-order valence-corrected chi connectivity index (χ1v) is 6.81. The van der Waals surface area contributed by atoms with Gasteiger partial charge in [-0.25, -0.2) is 4.98 Å². The number of morpholine rings is 1. The van der Waals surface area contributed by atoms with E-state index in [1.807, 2.05) is 18.7 Å².